The third-order valence-electron chi connectivity index (χ3n) is 13.1. The van der Waals surface area contributed by atoms with Crippen LogP contribution in [0.1, 0.15) is 76.6 Å². The predicted molar refractivity (Wildman–Crippen MR) is 304 cm³/mol. The number of hydrogen-bond acceptors (Lipinski definition) is 16. The highest BCUT2D eigenvalue weighted by Gasteiger charge is 2.41. The zero-order chi connectivity index (χ0) is 62.0. The maximum Gasteiger partial charge on any atom is 0.408 e. The predicted octanol–water partition coefficient (Wildman–Crippen LogP) is -3.61. The molecule has 1 saturated heterocycles. The lowest BCUT2D eigenvalue weighted by atomic mass is 9.95. The van der Waals surface area contributed by atoms with Gasteiger partial charge in [-0.1, -0.05) is 119 Å². The fourth-order valence-electron chi connectivity index (χ4n) is 8.58. The lowest BCUT2D eigenvalue weighted by molar-refractivity contribution is -0.138. The fraction of sp³-hybridized carbons (Fsp3) is 0.482. The molecule has 0 aliphatic carbocycles. The van der Waals surface area contributed by atoms with Crippen molar-refractivity contribution < 1.29 is 73.1 Å². The summed E-state index contributed by atoms with van der Waals surface area (Å²) in [5.74, 6) is -11.2. The number of nitrogens with zero attached hydrogens (tertiary/aromatic N) is 1. The molecule has 11 atom stereocenters. The summed E-state index contributed by atoms with van der Waals surface area (Å²) < 4.78 is 5.47. The minimum atomic E-state index is -1.97. The number of nitrogens with one attached hydrogen (secondary N) is 10. The number of amides is 10. The van der Waals surface area contributed by atoms with Gasteiger partial charge in [0, 0.05) is 13.0 Å². The van der Waals surface area contributed by atoms with Crippen molar-refractivity contribution in [2.45, 2.75) is 133 Å². The van der Waals surface area contributed by atoms with Crippen LogP contribution in [-0.4, -0.2) is 172 Å². The van der Waals surface area contributed by atoms with E-state index in [-0.39, 0.29) is 56.3 Å². The second kappa shape index (κ2) is 34.0. The highest BCUT2D eigenvalue weighted by Crippen LogP contribution is 2.20. The van der Waals surface area contributed by atoms with E-state index in [0.29, 0.717) is 11.1 Å². The number of alkyl carbamates (subject to hydrolysis) is 1. The van der Waals surface area contributed by atoms with Crippen molar-refractivity contribution in [3.8, 4) is 0 Å². The average molecular weight is 1170 g/mol. The van der Waals surface area contributed by atoms with Crippen LogP contribution in [0, 0.1) is 11.8 Å². The van der Waals surface area contributed by atoms with Gasteiger partial charge in [0.25, 0.3) is 0 Å². The fourth-order valence-corrected chi connectivity index (χ4v) is 8.58. The number of benzene rings is 3. The van der Waals surface area contributed by atoms with Gasteiger partial charge in [0.05, 0.1) is 38.0 Å². The SMILES string of the molecule is CC(C)C[C@@H]1NC(=O)[C@H]([C@H](O)C(C)C)NC(=O)[C@@H](NC(=O)OCc2ccccc2)[C@@H](c2ccccc2)NC(=O)C(CO)NC(=O)[C@H](CO)NC(=O)CNC(=O)[C@H]([C@H](C)O)NC(=O)[C@H](Cc2ccccc2)NC(=O)[C@@H](CCCN=C(N)N)NC1=O. The van der Waals surface area contributed by atoms with Crippen molar-refractivity contribution in [3.05, 3.63) is 108 Å². The summed E-state index contributed by atoms with van der Waals surface area (Å²) in [6.45, 7) is 4.21. The summed E-state index contributed by atoms with van der Waals surface area (Å²) in [7, 11) is 0. The second-order valence-corrected chi connectivity index (χ2v) is 20.7. The molecule has 0 bridgehead atoms. The molecule has 28 heteroatoms. The zero-order valence-electron chi connectivity index (χ0n) is 47.4. The minimum absolute atomic E-state index is 0.0228. The van der Waals surface area contributed by atoms with Crippen molar-refractivity contribution >= 4 is 65.2 Å². The molecule has 1 unspecified atom stereocenters. The average Bonchev–Trinajstić information content (AvgIpc) is 3.58. The Balaban J connectivity index is 1.89. The Bertz CT molecular complexity index is 2720. The van der Waals surface area contributed by atoms with Gasteiger partial charge >= 0.3 is 6.09 Å². The quantitative estimate of drug-likeness (QED) is 0.0353. The number of rotatable bonds is 17. The van der Waals surface area contributed by atoms with E-state index in [1.54, 1.807) is 80.6 Å². The zero-order valence-corrected chi connectivity index (χ0v) is 47.4. The third kappa shape index (κ3) is 21.9. The van der Waals surface area contributed by atoms with Gasteiger partial charge in [0.2, 0.25) is 53.2 Å². The number of aliphatic hydroxyl groups excluding tert-OH is 4. The molecule has 0 radical (unpaired) electrons. The lowest BCUT2D eigenvalue weighted by Gasteiger charge is -2.33. The molecular formula is C56H79N13O15. The first kappa shape index (κ1) is 67.8. The van der Waals surface area contributed by atoms with Gasteiger partial charge in [-0.2, -0.15) is 0 Å². The number of hydrogen-bond donors (Lipinski definition) is 16. The summed E-state index contributed by atoms with van der Waals surface area (Å²) in [5.41, 5.74) is 12.3. The molecule has 1 fully saturated rings. The standard InChI is InChI=1S/C56H79N13O15/c1-30(2)24-37-48(76)62-36(22-15-23-59-55(57)58)47(75)63-38(25-33-16-9-6-10-17-33)49(77)66-42(32(5)72)52(80)60-26-41(73)61-39(27-70)50(78)65-40(28-71)51(79)67-43(35-20-13-8-14-21-35)44(69-56(83)84-29-34-18-11-7-12-19-34)53(81)68-45(54(82)64-37)46(74)31(3)4/h6-14,16-21,30-32,36-40,42-46,70-72,74H,15,22-29H2,1-5H3,(H,60,80)(H,61,73)(H,62,76)(H,63,75)(H,64,82)(H,65,78)(H,66,77)(H,67,79)(H,68,81)(H,69,83)(H4,57,58,59)/t32-,36+,37-,38-,39-,40?,42-,43+,44-,45-,46+/m0/s1. The van der Waals surface area contributed by atoms with Crippen LogP contribution < -0.4 is 64.6 Å². The third-order valence-corrected chi connectivity index (χ3v) is 13.1. The van der Waals surface area contributed by atoms with Gasteiger partial charge < -0.3 is 89.8 Å². The minimum Gasteiger partial charge on any atom is -0.445 e. The van der Waals surface area contributed by atoms with Crippen LogP contribution in [0.15, 0.2) is 96.0 Å². The highest BCUT2D eigenvalue weighted by molar-refractivity contribution is 5.99. The van der Waals surface area contributed by atoms with E-state index in [9.17, 15) is 68.4 Å². The van der Waals surface area contributed by atoms with Gasteiger partial charge in [0.15, 0.2) is 5.96 Å². The molecule has 18 N–H and O–H groups in total. The number of nitrogens with two attached hydrogens (primary N) is 2. The molecule has 1 heterocycles. The summed E-state index contributed by atoms with van der Waals surface area (Å²) in [6, 6.07) is 8.70. The van der Waals surface area contributed by atoms with Gasteiger partial charge in [0.1, 0.15) is 54.9 Å². The van der Waals surface area contributed by atoms with E-state index < -0.39 is 152 Å². The molecule has 1 aliphatic rings. The maximum absolute atomic E-state index is 15.0. The van der Waals surface area contributed by atoms with E-state index in [0.717, 1.165) is 6.92 Å². The van der Waals surface area contributed by atoms with Crippen LogP contribution in [0.25, 0.3) is 0 Å². The topological polar surface area (TPSA) is 446 Å². The molecule has 28 nitrogen and oxygen atoms in total. The number of guanidine groups is 1. The molecule has 0 spiro atoms. The van der Waals surface area contributed by atoms with Crippen LogP contribution in [0.4, 0.5) is 4.79 Å². The lowest BCUT2D eigenvalue weighted by Crippen LogP contribution is -2.64. The largest absolute Gasteiger partial charge is 0.445 e. The molecule has 0 saturated carbocycles. The van der Waals surface area contributed by atoms with Crippen LogP contribution in [0.3, 0.4) is 0 Å². The Labute approximate surface area is 485 Å². The van der Waals surface area contributed by atoms with Crippen molar-refractivity contribution in [3.63, 3.8) is 0 Å². The monoisotopic (exact) mass is 1170 g/mol. The molecule has 4 rings (SSSR count). The van der Waals surface area contributed by atoms with Gasteiger partial charge in [-0.05, 0) is 54.7 Å². The Morgan fingerprint density at radius 1 is 0.595 bits per heavy atom. The summed E-state index contributed by atoms with van der Waals surface area (Å²) >= 11 is 0. The van der Waals surface area contributed by atoms with E-state index in [1.165, 1.54) is 38.1 Å². The molecule has 3 aromatic carbocycles. The van der Waals surface area contributed by atoms with Crippen LogP contribution in [0.2, 0.25) is 0 Å². The normalized spacial score (nSPS) is 23.9. The van der Waals surface area contributed by atoms with Gasteiger partial charge in [-0.25, -0.2) is 4.79 Å². The Morgan fingerprint density at radius 3 is 1.67 bits per heavy atom. The smallest absolute Gasteiger partial charge is 0.408 e. The molecule has 1 aliphatic heterocycles. The summed E-state index contributed by atoms with van der Waals surface area (Å²) in [5, 5.41) is 67.6. The van der Waals surface area contributed by atoms with E-state index in [4.69, 9.17) is 16.2 Å². The second-order valence-electron chi connectivity index (χ2n) is 20.7. The first-order chi connectivity index (χ1) is 39.9. The Morgan fingerprint density at radius 2 is 1.10 bits per heavy atom. The molecule has 10 amide bonds. The molecule has 0 aromatic heterocycles. The number of carbonyl (C=O) groups excluding carboxylic acids is 10. The first-order valence-corrected chi connectivity index (χ1v) is 27.3. The van der Waals surface area contributed by atoms with Crippen molar-refractivity contribution in [1.82, 2.24) is 53.2 Å². The van der Waals surface area contributed by atoms with Crippen molar-refractivity contribution in [1.29, 1.82) is 0 Å². The molecule has 3 aromatic rings. The van der Waals surface area contributed by atoms with Crippen molar-refractivity contribution in [2.75, 3.05) is 26.3 Å². The van der Waals surface area contributed by atoms with E-state index >= 15 is 0 Å². The van der Waals surface area contributed by atoms with Crippen LogP contribution in [-0.2, 0) is 60.9 Å². The molecule has 458 valence electrons. The van der Waals surface area contributed by atoms with Gasteiger partial charge in [-0.15, -0.1) is 0 Å². The van der Waals surface area contributed by atoms with Crippen molar-refractivity contribution in [2.24, 2.45) is 28.3 Å². The van der Waals surface area contributed by atoms with Crippen LogP contribution in [0.5, 0.6) is 0 Å². The van der Waals surface area contributed by atoms with Gasteiger partial charge in [-0.3, -0.25) is 48.1 Å². The molecular weight excluding hydrogens is 1090 g/mol. The first-order valence-electron chi connectivity index (χ1n) is 27.3. The maximum atomic E-state index is 15.0. The van der Waals surface area contributed by atoms with E-state index in [2.05, 4.69) is 58.2 Å². The Hall–Kier alpha value is -8.73. The number of ether oxygens (including phenoxy) is 1. The number of aliphatic imine (C=N–C) groups is 1. The van der Waals surface area contributed by atoms with E-state index in [1.807, 2.05) is 0 Å². The molecule has 84 heavy (non-hydrogen) atoms. The summed E-state index contributed by atoms with van der Waals surface area (Å²) in [6.07, 6.45) is -4.96. The highest BCUT2D eigenvalue weighted by atomic mass is 16.5. The number of carbonyl (C=O) groups is 10. The number of aliphatic hydroxyl groups is 4. The Kier molecular flexibility index (Phi) is 27.4. The summed E-state index contributed by atoms with van der Waals surface area (Å²) in [4.78, 5) is 146. The van der Waals surface area contributed by atoms with Crippen LogP contribution >= 0.6 is 0 Å².